The van der Waals surface area contributed by atoms with Crippen LogP contribution in [-0.4, -0.2) is 20.4 Å². The van der Waals surface area contributed by atoms with Gasteiger partial charge in [-0.05, 0) is 30.3 Å². The molecule has 0 radical (unpaired) electrons. The van der Waals surface area contributed by atoms with E-state index < -0.39 is 17.5 Å². The van der Waals surface area contributed by atoms with Gasteiger partial charge in [0, 0.05) is 42.5 Å². The van der Waals surface area contributed by atoms with Gasteiger partial charge in [0.2, 0.25) is 0 Å². The number of nitrogens with zero attached hydrogens (tertiary/aromatic N) is 3. The summed E-state index contributed by atoms with van der Waals surface area (Å²) in [5.41, 5.74) is 2.08. The lowest BCUT2D eigenvalue weighted by Gasteiger charge is -2.09. The Morgan fingerprint density at radius 2 is 1.87 bits per heavy atom. The molecule has 1 amide bonds. The number of fused-ring (bicyclic) bond motifs is 1. The second-order valence-electron chi connectivity index (χ2n) is 6.67. The maximum atomic E-state index is 13.7. The van der Waals surface area contributed by atoms with Crippen LogP contribution in [0, 0.1) is 11.6 Å². The van der Waals surface area contributed by atoms with Crippen molar-refractivity contribution in [2.75, 3.05) is 0 Å². The summed E-state index contributed by atoms with van der Waals surface area (Å²) < 4.78 is 28.1. The van der Waals surface area contributed by atoms with Crippen molar-refractivity contribution in [2.45, 2.75) is 6.54 Å². The van der Waals surface area contributed by atoms with Crippen LogP contribution >= 0.6 is 0 Å². The molecule has 2 aromatic heterocycles. The standard InChI is InChI=1S/C22H16F2N4O2/c1-28-20-18(3-2-10-25-20)27-19(22(28)30)13-4-6-14(7-5-13)21(29)26-12-15-8-9-16(23)11-17(15)24/h2-11H,12H2,1H3,(H,26,29). The molecule has 2 aromatic carbocycles. The van der Waals surface area contributed by atoms with Crippen LogP contribution in [0.5, 0.6) is 0 Å². The molecule has 0 aliphatic rings. The average molecular weight is 406 g/mol. The number of rotatable bonds is 4. The number of halogens is 2. The van der Waals surface area contributed by atoms with Gasteiger partial charge >= 0.3 is 0 Å². The molecule has 0 aliphatic heterocycles. The van der Waals surface area contributed by atoms with Crippen LogP contribution in [0.25, 0.3) is 22.4 Å². The molecule has 6 nitrogen and oxygen atoms in total. The van der Waals surface area contributed by atoms with E-state index in [1.54, 1.807) is 49.6 Å². The van der Waals surface area contributed by atoms with Crippen molar-refractivity contribution in [1.82, 2.24) is 19.9 Å². The molecule has 0 aliphatic carbocycles. The Balaban J connectivity index is 1.56. The normalized spacial score (nSPS) is 10.9. The summed E-state index contributed by atoms with van der Waals surface area (Å²) in [6.07, 6.45) is 1.59. The molecule has 8 heteroatoms. The second-order valence-corrected chi connectivity index (χ2v) is 6.67. The number of aryl methyl sites for hydroxylation is 1. The highest BCUT2D eigenvalue weighted by atomic mass is 19.1. The van der Waals surface area contributed by atoms with Crippen LogP contribution in [0.2, 0.25) is 0 Å². The molecule has 150 valence electrons. The molecule has 0 bridgehead atoms. The third kappa shape index (κ3) is 3.67. The average Bonchev–Trinajstić information content (AvgIpc) is 2.75. The number of nitrogens with one attached hydrogen (secondary N) is 1. The fourth-order valence-corrected chi connectivity index (χ4v) is 3.07. The molecule has 4 rings (SSSR count). The highest BCUT2D eigenvalue weighted by Gasteiger charge is 2.13. The van der Waals surface area contributed by atoms with Gasteiger partial charge in [-0.25, -0.2) is 18.7 Å². The van der Waals surface area contributed by atoms with E-state index in [0.717, 1.165) is 12.1 Å². The molecule has 0 saturated carbocycles. The number of carbonyl (C=O) groups excluding carboxylic acids is 1. The molecule has 1 N–H and O–H groups in total. The molecule has 0 saturated heterocycles. The van der Waals surface area contributed by atoms with Crippen molar-refractivity contribution in [2.24, 2.45) is 7.05 Å². The van der Waals surface area contributed by atoms with E-state index in [4.69, 9.17) is 0 Å². The van der Waals surface area contributed by atoms with Crippen LogP contribution in [0.4, 0.5) is 8.78 Å². The summed E-state index contributed by atoms with van der Waals surface area (Å²) in [6, 6.07) is 13.0. The van der Waals surface area contributed by atoms with Gasteiger partial charge < -0.3 is 5.32 Å². The van der Waals surface area contributed by atoms with Crippen molar-refractivity contribution in [3.05, 3.63) is 93.9 Å². The van der Waals surface area contributed by atoms with E-state index in [-0.39, 0.29) is 23.4 Å². The smallest absolute Gasteiger partial charge is 0.278 e. The Labute approximate surface area is 169 Å². The third-order valence-electron chi connectivity index (χ3n) is 4.70. The fourth-order valence-electron chi connectivity index (χ4n) is 3.07. The monoisotopic (exact) mass is 406 g/mol. The summed E-state index contributed by atoms with van der Waals surface area (Å²) in [6.45, 7) is -0.0769. The number of hydrogen-bond acceptors (Lipinski definition) is 4. The van der Waals surface area contributed by atoms with Crippen molar-refractivity contribution >= 4 is 17.1 Å². The molecule has 0 atom stereocenters. The molecular formula is C22H16F2N4O2. The summed E-state index contributed by atoms with van der Waals surface area (Å²) in [5, 5.41) is 2.59. The fraction of sp³-hybridized carbons (Fsp3) is 0.0909. The summed E-state index contributed by atoms with van der Waals surface area (Å²) >= 11 is 0. The van der Waals surface area contributed by atoms with E-state index in [0.29, 0.717) is 22.3 Å². The Morgan fingerprint density at radius 3 is 2.60 bits per heavy atom. The summed E-state index contributed by atoms with van der Waals surface area (Å²) in [5.74, 6) is -1.82. The summed E-state index contributed by atoms with van der Waals surface area (Å²) in [7, 11) is 1.62. The van der Waals surface area contributed by atoms with Crippen LogP contribution < -0.4 is 10.9 Å². The number of hydrogen-bond donors (Lipinski definition) is 1. The largest absolute Gasteiger partial charge is 0.348 e. The van der Waals surface area contributed by atoms with Crippen molar-refractivity contribution in [1.29, 1.82) is 0 Å². The van der Waals surface area contributed by atoms with Gasteiger partial charge in [-0.2, -0.15) is 0 Å². The number of amides is 1. The molecule has 2 heterocycles. The maximum Gasteiger partial charge on any atom is 0.278 e. The Morgan fingerprint density at radius 1 is 1.10 bits per heavy atom. The number of aromatic nitrogens is 3. The first kappa shape index (κ1) is 19.4. The predicted molar refractivity (Wildman–Crippen MR) is 108 cm³/mol. The molecule has 4 aromatic rings. The molecule has 0 unspecified atom stereocenters. The second kappa shape index (κ2) is 7.82. The first-order valence-electron chi connectivity index (χ1n) is 9.08. The number of carbonyl (C=O) groups is 1. The third-order valence-corrected chi connectivity index (χ3v) is 4.70. The Kier molecular flexibility index (Phi) is 5.05. The minimum atomic E-state index is -0.724. The van der Waals surface area contributed by atoms with E-state index in [2.05, 4.69) is 15.3 Å². The van der Waals surface area contributed by atoms with Crippen molar-refractivity contribution in [3.8, 4) is 11.3 Å². The topological polar surface area (TPSA) is 76.9 Å². The van der Waals surface area contributed by atoms with Gasteiger partial charge in [0.25, 0.3) is 11.5 Å². The zero-order chi connectivity index (χ0) is 21.3. The van der Waals surface area contributed by atoms with Crippen molar-refractivity contribution < 1.29 is 13.6 Å². The summed E-state index contributed by atoms with van der Waals surface area (Å²) in [4.78, 5) is 33.6. The van der Waals surface area contributed by atoms with E-state index in [9.17, 15) is 18.4 Å². The van der Waals surface area contributed by atoms with E-state index in [1.165, 1.54) is 10.6 Å². The van der Waals surface area contributed by atoms with Crippen LogP contribution in [-0.2, 0) is 13.6 Å². The SMILES string of the molecule is Cn1c(=O)c(-c2ccc(C(=O)NCc3ccc(F)cc3F)cc2)nc2cccnc21. The molecule has 0 spiro atoms. The predicted octanol–water partition coefficient (Wildman–Crippen LogP) is 3.20. The maximum absolute atomic E-state index is 13.7. The molecular weight excluding hydrogens is 390 g/mol. The number of benzene rings is 2. The van der Waals surface area contributed by atoms with Crippen LogP contribution in [0.3, 0.4) is 0 Å². The quantitative estimate of drug-likeness (QED) is 0.565. The van der Waals surface area contributed by atoms with Gasteiger partial charge in [-0.15, -0.1) is 0 Å². The lowest BCUT2D eigenvalue weighted by molar-refractivity contribution is 0.0950. The zero-order valence-electron chi connectivity index (χ0n) is 15.9. The van der Waals surface area contributed by atoms with E-state index in [1.807, 2.05) is 0 Å². The van der Waals surface area contributed by atoms with Crippen LogP contribution in [0.15, 0.2) is 65.6 Å². The van der Waals surface area contributed by atoms with Gasteiger partial charge in [-0.1, -0.05) is 18.2 Å². The number of pyridine rings is 1. The van der Waals surface area contributed by atoms with Gasteiger partial charge in [0.05, 0.1) is 0 Å². The zero-order valence-corrected chi connectivity index (χ0v) is 15.9. The Hall–Kier alpha value is -3.94. The van der Waals surface area contributed by atoms with Crippen LogP contribution in [0.1, 0.15) is 15.9 Å². The Bertz CT molecular complexity index is 1320. The van der Waals surface area contributed by atoms with E-state index >= 15 is 0 Å². The first-order valence-corrected chi connectivity index (χ1v) is 9.08. The molecule has 0 fully saturated rings. The minimum absolute atomic E-state index is 0.0769. The minimum Gasteiger partial charge on any atom is -0.348 e. The molecule has 30 heavy (non-hydrogen) atoms. The van der Waals surface area contributed by atoms with Crippen molar-refractivity contribution in [3.63, 3.8) is 0 Å². The van der Waals surface area contributed by atoms with Gasteiger partial charge in [0.1, 0.15) is 22.8 Å². The highest BCUT2D eigenvalue weighted by Crippen LogP contribution is 2.17. The lowest BCUT2D eigenvalue weighted by Crippen LogP contribution is -2.23. The highest BCUT2D eigenvalue weighted by molar-refractivity contribution is 5.94. The first-order chi connectivity index (χ1) is 14.4. The van der Waals surface area contributed by atoms with Gasteiger partial charge in [0.15, 0.2) is 5.65 Å². The lowest BCUT2D eigenvalue weighted by atomic mass is 10.1. The van der Waals surface area contributed by atoms with Gasteiger partial charge in [-0.3, -0.25) is 14.2 Å².